The fourth-order valence-corrected chi connectivity index (χ4v) is 7.49. The highest BCUT2D eigenvalue weighted by Crippen LogP contribution is 2.33. The Hall–Kier alpha value is -2.94. The number of aromatic nitrogens is 2. The molecular formula is C30H32N4O2S2. The van der Waals surface area contributed by atoms with Gasteiger partial charge in [0.05, 0.1) is 23.1 Å². The van der Waals surface area contributed by atoms with Crippen LogP contribution < -0.4 is 15.2 Å². The van der Waals surface area contributed by atoms with E-state index in [1.54, 1.807) is 0 Å². The van der Waals surface area contributed by atoms with E-state index in [0.717, 1.165) is 68.3 Å². The van der Waals surface area contributed by atoms with Crippen LogP contribution >= 0.6 is 23.7 Å². The van der Waals surface area contributed by atoms with Gasteiger partial charge in [0.25, 0.3) is 0 Å². The molecule has 1 aliphatic carbocycles. The lowest BCUT2D eigenvalue weighted by atomic mass is 10.1. The molecule has 1 saturated heterocycles. The molecule has 0 radical (unpaired) electrons. The molecule has 0 N–H and O–H groups in total. The van der Waals surface area contributed by atoms with Crippen LogP contribution in [-0.2, 0) is 0 Å². The van der Waals surface area contributed by atoms with E-state index in [0.29, 0.717) is 5.75 Å². The number of hydrogen-bond acceptors (Lipinski definition) is 7. The van der Waals surface area contributed by atoms with E-state index in [2.05, 4.69) is 56.8 Å². The molecule has 6 nitrogen and oxygen atoms in total. The summed E-state index contributed by atoms with van der Waals surface area (Å²) in [5.41, 5.74) is 1.40. The number of benzene rings is 3. The number of fused-ring (bicyclic) bond motifs is 1. The van der Waals surface area contributed by atoms with Crippen LogP contribution in [0.3, 0.4) is 0 Å². The number of ether oxygens (including phenoxy) is 1. The van der Waals surface area contributed by atoms with E-state index >= 15 is 0 Å². The average Bonchev–Trinajstić information content (AvgIpc) is 3.48. The highest BCUT2D eigenvalue weighted by atomic mass is 32.2. The van der Waals surface area contributed by atoms with Gasteiger partial charge in [0.15, 0.2) is 0 Å². The third-order valence-electron chi connectivity index (χ3n) is 7.28. The molecule has 0 amide bonds. The van der Waals surface area contributed by atoms with Crippen molar-refractivity contribution in [3.05, 3.63) is 89.3 Å². The SMILES string of the molecule is O=c1c(OC2CCCC2)c(N2CCN(SCSc3cccc4ccccc34)CC2)cnn1-c1ccccc1. The van der Waals surface area contributed by atoms with Crippen molar-refractivity contribution in [3.63, 3.8) is 0 Å². The molecule has 4 aromatic rings. The smallest absolute Gasteiger partial charge is 0.316 e. The number of nitrogens with zero attached hydrogens (tertiary/aromatic N) is 4. The topological polar surface area (TPSA) is 50.6 Å². The summed E-state index contributed by atoms with van der Waals surface area (Å²) in [5.74, 6) is 0.448. The van der Waals surface area contributed by atoms with Gasteiger partial charge >= 0.3 is 5.56 Å². The predicted octanol–water partition coefficient (Wildman–Crippen LogP) is 6.23. The van der Waals surface area contributed by atoms with Crippen molar-refractivity contribution in [2.75, 3.05) is 36.2 Å². The summed E-state index contributed by atoms with van der Waals surface area (Å²) in [6.45, 7) is 3.52. The van der Waals surface area contributed by atoms with Crippen LogP contribution in [0, 0.1) is 0 Å². The molecule has 0 bridgehead atoms. The lowest BCUT2D eigenvalue weighted by Crippen LogP contribution is -2.44. The Morgan fingerprint density at radius 2 is 1.61 bits per heavy atom. The molecule has 0 atom stereocenters. The van der Waals surface area contributed by atoms with Crippen molar-refractivity contribution in [2.24, 2.45) is 0 Å². The number of thioether (sulfide) groups is 1. The summed E-state index contributed by atoms with van der Waals surface area (Å²) in [6.07, 6.45) is 6.25. The van der Waals surface area contributed by atoms with Crippen molar-refractivity contribution in [2.45, 2.75) is 36.7 Å². The van der Waals surface area contributed by atoms with Gasteiger partial charge < -0.3 is 9.64 Å². The summed E-state index contributed by atoms with van der Waals surface area (Å²) >= 11 is 3.78. The Morgan fingerprint density at radius 1 is 0.868 bits per heavy atom. The van der Waals surface area contributed by atoms with E-state index in [1.807, 2.05) is 60.2 Å². The van der Waals surface area contributed by atoms with Gasteiger partial charge in [0.2, 0.25) is 5.75 Å². The lowest BCUT2D eigenvalue weighted by Gasteiger charge is -2.35. The molecular weight excluding hydrogens is 512 g/mol. The summed E-state index contributed by atoms with van der Waals surface area (Å²) < 4.78 is 10.3. The Morgan fingerprint density at radius 3 is 2.42 bits per heavy atom. The normalized spacial score (nSPS) is 16.8. The minimum Gasteiger partial charge on any atom is -0.483 e. The average molecular weight is 545 g/mol. The van der Waals surface area contributed by atoms with Crippen molar-refractivity contribution < 1.29 is 4.74 Å². The summed E-state index contributed by atoms with van der Waals surface area (Å²) in [5, 5.41) is 8.12. The molecule has 196 valence electrons. The van der Waals surface area contributed by atoms with E-state index in [-0.39, 0.29) is 11.7 Å². The molecule has 0 spiro atoms. The number of para-hydroxylation sites is 1. The molecule has 8 heteroatoms. The molecule has 2 heterocycles. The summed E-state index contributed by atoms with van der Waals surface area (Å²) in [6, 6.07) is 24.7. The van der Waals surface area contributed by atoms with Crippen molar-refractivity contribution >= 4 is 40.2 Å². The first-order valence-electron chi connectivity index (χ1n) is 13.3. The first-order chi connectivity index (χ1) is 18.8. The second-order valence-corrected chi connectivity index (χ2v) is 12.2. The summed E-state index contributed by atoms with van der Waals surface area (Å²) in [4.78, 5) is 17.2. The fraction of sp³-hybridized carbons (Fsp3) is 0.333. The third-order valence-corrected chi connectivity index (χ3v) is 9.57. The molecule has 1 aromatic heterocycles. The van der Waals surface area contributed by atoms with Crippen molar-refractivity contribution in [1.29, 1.82) is 0 Å². The lowest BCUT2D eigenvalue weighted by molar-refractivity contribution is 0.205. The van der Waals surface area contributed by atoms with Gasteiger partial charge in [-0.05, 0) is 54.7 Å². The zero-order valence-corrected chi connectivity index (χ0v) is 23.0. The molecule has 38 heavy (non-hydrogen) atoms. The maximum atomic E-state index is 13.6. The van der Waals surface area contributed by atoms with Gasteiger partial charge in [-0.2, -0.15) is 9.78 Å². The van der Waals surface area contributed by atoms with Gasteiger partial charge in [-0.3, -0.25) is 4.79 Å². The van der Waals surface area contributed by atoms with E-state index in [1.165, 1.54) is 20.3 Å². The van der Waals surface area contributed by atoms with E-state index in [9.17, 15) is 4.79 Å². The second kappa shape index (κ2) is 11.8. The molecule has 2 aliphatic rings. The maximum absolute atomic E-state index is 13.6. The summed E-state index contributed by atoms with van der Waals surface area (Å²) in [7, 11) is 0. The molecule has 0 unspecified atom stereocenters. The van der Waals surface area contributed by atoms with Crippen molar-refractivity contribution in [3.8, 4) is 11.4 Å². The van der Waals surface area contributed by atoms with Crippen LogP contribution in [0.5, 0.6) is 5.75 Å². The van der Waals surface area contributed by atoms with Gasteiger partial charge in [-0.25, -0.2) is 4.31 Å². The highest BCUT2D eigenvalue weighted by Gasteiger charge is 2.26. The van der Waals surface area contributed by atoms with Crippen LogP contribution in [0.25, 0.3) is 16.5 Å². The van der Waals surface area contributed by atoms with E-state index in [4.69, 9.17) is 4.74 Å². The Kier molecular flexibility index (Phi) is 7.90. The Bertz CT molecular complexity index is 1430. The minimum absolute atomic E-state index is 0.107. The molecule has 1 saturated carbocycles. The predicted molar refractivity (Wildman–Crippen MR) is 159 cm³/mol. The second-order valence-electron chi connectivity index (χ2n) is 9.72. The fourth-order valence-electron chi connectivity index (χ4n) is 5.24. The first-order valence-corrected chi connectivity index (χ1v) is 15.3. The van der Waals surface area contributed by atoms with Gasteiger partial charge in [-0.1, -0.05) is 66.5 Å². The van der Waals surface area contributed by atoms with E-state index < -0.39 is 0 Å². The number of anilines is 1. The van der Waals surface area contributed by atoms with Gasteiger partial charge in [0, 0.05) is 31.1 Å². The van der Waals surface area contributed by atoms with Crippen LogP contribution in [0.4, 0.5) is 5.69 Å². The standard InChI is InChI=1S/C30H32N4O2S2/c35-30-29(36-25-13-5-6-14-25)27(21-31-34(30)24-11-2-1-3-12-24)32-17-19-33(20-18-32)38-22-37-28-16-8-10-23-9-4-7-15-26(23)28/h1-4,7-12,15-16,21,25H,5-6,13-14,17-20,22H2. The largest absolute Gasteiger partial charge is 0.483 e. The van der Waals surface area contributed by atoms with Gasteiger partial charge in [-0.15, -0.1) is 11.8 Å². The Labute approximate surface area is 232 Å². The number of rotatable bonds is 8. The monoisotopic (exact) mass is 544 g/mol. The molecule has 2 fully saturated rings. The first kappa shape index (κ1) is 25.3. The van der Waals surface area contributed by atoms with Crippen molar-refractivity contribution in [1.82, 2.24) is 14.1 Å². The molecule has 1 aliphatic heterocycles. The van der Waals surface area contributed by atoms with Crippen LogP contribution in [0.2, 0.25) is 0 Å². The van der Waals surface area contributed by atoms with Crippen LogP contribution in [-0.4, -0.2) is 51.5 Å². The minimum atomic E-state index is -0.177. The quantitative estimate of drug-likeness (QED) is 0.148. The highest BCUT2D eigenvalue weighted by molar-refractivity contribution is 8.15. The molecule has 3 aromatic carbocycles. The number of hydrogen-bond donors (Lipinski definition) is 0. The van der Waals surface area contributed by atoms with Crippen LogP contribution in [0.1, 0.15) is 25.7 Å². The molecule has 6 rings (SSSR count). The van der Waals surface area contributed by atoms with Gasteiger partial charge in [0.1, 0.15) is 5.69 Å². The Balaban J connectivity index is 1.12. The third kappa shape index (κ3) is 5.58. The number of piperazine rings is 1. The van der Waals surface area contributed by atoms with Crippen LogP contribution in [0.15, 0.2) is 88.7 Å². The zero-order chi connectivity index (χ0) is 25.7. The maximum Gasteiger partial charge on any atom is 0.316 e. The zero-order valence-electron chi connectivity index (χ0n) is 21.4.